The van der Waals surface area contributed by atoms with Gasteiger partial charge in [0.05, 0.1) is 6.42 Å². The van der Waals surface area contributed by atoms with E-state index < -0.39 is 6.36 Å². The van der Waals surface area contributed by atoms with Crippen LogP contribution >= 0.6 is 0 Å². The van der Waals surface area contributed by atoms with Crippen LogP contribution in [-0.4, -0.2) is 43.3 Å². The number of alkyl halides is 3. The summed E-state index contributed by atoms with van der Waals surface area (Å²) in [5.74, 6) is 0.822. The zero-order valence-electron chi connectivity index (χ0n) is 11.9. The van der Waals surface area contributed by atoms with Gasteiger partial charge >= 0.3 is 6.36 Å². The maximum atomic E-state index is 12.3. The molecule has 1 aromatic carbocycles. The Morgan fingerprint density at radius 1 is 1.18 bits per heavy atom. The third-order valence-electron chi connectivity index (χ3n) is 4.25. The van der Waals surface area contributed by atoms with Crippen LogP contribution in [0.5, 0.6) is 5.75 Å². The normalized spacial score (nSPS) is 24.4. The SMILES string of the molecule is O=C(Cc1ccc(OC(F)(F)F)cc1)N1C[C@H]2CNC[C@H]2C1. The predicted molar refractivity (Wildman–Crippen MR) is 73.3 cm³/mol. The van der Waals surface area contributed by atoms with Gasteiger partial charge in [-0.15, -0.1) is 13.2 Å². The molecule has 3 rings (SSSR count). The van der Waals surface area contributed by atoms with Crippen molar-refractivity contribution in [1.82, 2.24) is 10.2 Å². The number of nitrogens with one attached hydrogen (secondary N) is 1. The molecule has 1 aromatic rings. The minimum absolute atomic E-state index is 0.0267. The fraction of sp³-hybridized carbons (Fsp3) is 0.533. The highest BCUT2D eigenvalue weighted by atomic mass is 19.4. The average molecular weight is 314 g/mol. The Morgan fingerprint density at radius 2 is 1.77 bits per heavy atom. The fourth-order valence-electron chi connectivity index (χ4n) is 3.15. The number of hydrogen-bond donors (Lipinski definition) is 1. The maximum Gasteiger partial charge on any atom is 0.573 e. The van der Waals surface area contributed by atoms with E-state index in [9.17, 15) is 18.0 Å². The van der Waals surface area contributed by atoms with E-state index in [0.717, 1.165) is 26.2 Å². The van der Waals surface area contributed by atoms with E-state index in [1.54, 1.807) is 0 Å². The van der Waals surface area contributed by atoms with Crippen LogP contribution in [-0.2, 0) is 11.2 Å². The number of amides is 1. The maximum absolute atomic E-state index is 12.3. The van der Waals surface area contributed by atoms with Gasteiger partial charge in [-0.05, 0) is 29.5 Å². The summed E-state index contributed by atoms with van der Waals surface area (Å²) in [6.07, 6.45) is -4.49. The van der Waals surface area contributed by atoms with Gasteiger partial charge in [-0.25, -0.2) is 0 Å². The zero-order valence-corrected chi connectivity index (χ0v) is 11.9. The van der Waals surface area contributed by atoms with E-state index in [1.807, 2.05) is 4.90 Å². The van der Waals surface area contributed by atoms with Crippen molar-refractivity contribution in [2.24, 2.45) is 11.8 Å². The topological polar surface area (TPSA) is 41.6 Å². The first kappa shape index (κ1) is 15.1. The van der Waals surface area contributed by atoms with Gasteiger partial charge in [0.15, 0.2) is 0 Å². The molecule has 4 nitrogen and oxygen atoms in total. The smallest absolute Gasteiger partial charge is 0.406 e. The van der Waals surface area contributed by atoms with Crippen molar-refractivity contribution in [3.05, 3.63) is 29.8 Å². The molecular weight excluding hydrogens is 297 g/mol. The Labute approximate surface area is 126 Å². The summed E-state index contributed by atoms with van der Waals surface area (Å²) in [6.45, 7) is 3.45. The van der Waals surface area contributed by atoms with Crippen LogP contribution in [0.15, 0.2) is 24.3 Å². The molecule has 0 aliphatic carbocycles. The lowest BCUT2D eigenvalue weighted by atomic mass is 10.0. The third kappa shape index (κ3) is 3.52. The van der Waals surface area contributed by atoms with Crippen molar-refractivity contribution in [3.8, 4) is 5.75 Å². The van der Waals surface area contributed by atoms with E-state index >= 15 is 0 Å². The number of nitrogens with zero attached hydrogens (tertiary/aromatic N) is 1. The summed E-state index contributed by atoms with van der Waals surface area (Å²) < 4.78 is 40.1. The number of likely N-dealkylation sites (tertiary alicyclic amines) is 1. The van der Waals surface area contributed by atoms with Gasteiger partial charge in [-0.1, -0.05) is 12.1 Å². The molecule has 2 heterocycles. The highest BCUT2D eigenvalue weighted by Gasteiger charge is 2.37. The van der Waals surface area contributed by atoms with Crippen LogP contribution in [0.4, 0.5) is 13.2 Å². The molecule has 2 aliphatic heterocycles. The summed E-state index contributed by atoms with van der Waals surface area (Å²) in [5, 5.41) is 3.31. The highest BCUT2D eigenvalue weighted by molar-refractivity contribution is 5.79. The first-order chi connectivity index (χ1) is 10.4. The van der Waals surface area contributed by atoms with Gasteiger partial charge in [0.25, 0.3) is 0 Å². The molecule has 120 valence electrons. The summed E-state index contributed by atoms with van der Waals surface area (Å²) in [6, 6.07) is 5.46. The molecule has 2 fully saturated rings. The number of carbonyl (C=O) groups is 1. The van der Waals surface area contributed by atoms with Crippen molar-refractivity contribution in [3.63, 3.8) is 0 Å². The van der Waals surface area contributed by atoms with E-state index in [2.05, 4.69) is 10.1 Å². The predicted octanol–water partition coefficient (Wildman–Crippen LogP) is 1.81. The summed E-state index contributed by atoms with van der Waals surface area (Å²) in [5.41, 5.74) is 0.690. The third-order valence-corrected chi connectivity index (χ3v) is 4.25. The highest BCUT2D eigenvalue weighted by Crippen LogP contribution is 2.27. The molecule has 1 N–H and O–H groups in total. The molecule has 2 atom stereocenters. The van der Waals surface area contributed by atoms with Crippen molar-refractivity contribution >= 4 is 5.91 Å². The monoisotopic (exact) mass is 314 g/mol. The number of ether oxygens (including phenoxy) is 1. The second kappa shape index (κ2) is 5.79. The standard InChI is InChI=1S/C15H17F3N2O2/c16-15(17,18)22-13-3-1-10(2-4-13)5-14(21)20-8-11-6-19-7-12(11)9-20/h1-4,11-12,19H,5-9H2/t11-,12+. The van der Waals surface area contributed by atoms with Gasteiger partial charge in [0.1, 0.15) is 5.75 Å². The van der Waals surface area contributed by atoms with Gasteiger partial charge in [-0.3, -0.25) is 4.79 Å². The van der Waals surface area contributed by atoms with E-state index in [0.29, 0.717) is 17.4 Å². The Balaban J connectivity index is 1.55. The lowest BCUT2D eigenvalue weighted by Gasteiger charge is -2.17. The first-order valence-electron chi connectivity index (χ1n) is 7.24. The van der Waals surface area contributed by atoms with Crippen molar-refractivity contribution in [1.29, 1.82) is 0 Å². The zero-order chi connectivity index (χ0) is 15.7. The molecule has 1 amide bonds. The van der Waals surface area contributed by atoms with E-state index in [1.165, 1.54) is 24.3 Å². The average Bonchev–Trinajstić information content (AvgIpc) is 3.00. The molecule has 2 saturated heterocycles. The molecule has 2 aliphatic rings. The van der Waals surface area contributed by atoms with Crippen molar-refractivity contribution in [2.75, 3.05) is 26.2 Å². The van der Waals surface area contributed by atoms with Gasteiger partial charge in [0.2, 0.25) is 5.91 Å². The molecule has 0 spiro atoms. The van der Waals surface area contributed by atoms with Crippen LogP contribution in [0.25, 0.3) is 0 Å². The second-order valence-corrected chi connectivity index (χ2v) is 5.85. The Kier molecular flexibility index (Phi) is 3.99. The van der Waals surface area contributed by atoms with Crippen molar-refractivity contribution in [2.45, 2.75) is 12.8 Å². The molecule has 0 aromatic heterocycles. The quantitative estimate of drug-likeness (QED) is 0.925. The summed E-state index contributed by atoms with van der Waals surface area (Å²) in [7, 11) is 0. The number of fused-ring (bicyclic) bond motifs is 1. The Morgan fingerprint density at radius 3 is 2.32 bits per heavy atom. The summed E-state index contributed by atoms with van der Waals surface area (Å²) in [4.78, 5) is 14.1. The Hall–Kier alpha value is -1.76. The lowest BCUT2D eigenvalue weighted by molar-refractivity contribution is -0.274. The van der Waals surface area contributed by atoms with Crippen LogP contribution in [0, 0.1) is 11.8 Å². The largest absolute Gasteiger partial charge is 0.573 e. The second-order valence-electron chi connectivity index (χ2n) is 5.85. The summed E-state index contributed by atoms with van der Waals surface area (Å²) >= 11 is 0. The van der Waals surface area contributed by atoms with E-state index in [4.69, 9.17) is 0 Å². The molecule has 22 heavy (non-hydrogen) atoms. The molecule has 0 unspecified atom stereocenters. The first-order valence-corrected chi connectivity index (χ1v) is 7.24. The number of carbonyl (C=O) groups excluding carboxylic acids is 1. The molecule has 0 radical (unpaired) electrons. The van der Waals surface area contributed by atoms with Crippen LogP contribution in [0.2, 0.25) is 0 Å². The lowest BCUT2D eigenvalue weighted by Crippen LogP contribution is -2.32. The fourth-order valence-corrected chi connectivity index (χ4v) is 3.15. The van der Waals surface area contributed by atoms with Gasteiger partial charge in [-0.2, -0.15) is 0 Å². The number of hydrogen-bond acceptors (Lipinski definition) is 3. The van der Waals surface area contributed by atoms with Crippen LogP contribution < -0.4 is 10.1 Å². The molecular formula is C15H17F3N2O2. The van der Waals surface area contributed by atoms with Gasteiger partial charge in [0, 0.05) is 26.2 Å². The molecule has 7 heteroatoms. The number of halogens is 3. The van der Waals surface area contributed by atoms with Crippen LogP contribution in [0.3, 0.4) is 0 Å². The molecule has 0 saturated carbocycles. The number of rotatable bonds is 3. The van der Waals surface area contributed by atoms with Crippen LogP contribution in [0.1, 0.15) is 5.56 Å². The minimum Gasteiger partial charge on any atom is -0.406 e. The van der Waals surface area contributed by atoms with Crippen molar-refractivity contribution < 1.29 is 22.7 Å². The molecule has 0 bridgehead atoms. The number of benzene rings is 1. The Bertz CT molecular complexity index is 533. The minimum atomic E-state index is -4.70. The van der Waals surface area contributed by atoms with E-state index in [-0.39, 0.29) is 18.1 Å². The van der Waals surface area contributed by atoms with Gasteiger partial charge < -0.3 is 15.0 Å².